The topological polar surface area (TPSA) is 68.5 Å². The lowest BCUT2D eigenvalue weighted by Crippen LogP contribution is -2.48. The summed E-state index contributed by atoms with van der Waals surface area (Å²) in [5.41, 5.74) is 7.26. The van der Waals surface area contributed by atoms with Gasteiger partial charge in [0.2, 0.25) is 0 Å². The van der Waals surface area contributed by atoms with Gasteiger partial charge < -0.3 is 4.90 Å². The van der Waals surface area contributed by atoms with E-state index in [-0.39, 0.29) is 12.0 Å². The van der Waals surface area contributed by atoms with Gasteiger partial charge in [0.25, 0.3) is 5.91 Å². The molecule has 1 amide bonds. The van der Waals surface area contributed by atoms with Crippen LogP contribution < -0.4 is 10.3 Å². The first-order valence-corrected chi connectivity index (χ1v) is 8.41. The highest BCUT2D eigenvalue weighted by Gasteiger charge is 2.35. The van der Waals surface area contributed by atoms with Gasteiger partial charge in [0.05, 0.1) is 12.3 Å². The fraction of sp³-hybridized carbons (Fsp3) is 0.526. The lowest BCUT2D eigenvalue weighted by atomic mass is 9.79. The van der Waals surface area contributed by atoms with Crippen LogP contribution in [0.25, 0.3) is 0 Å². The Morgan fingerprint density at radius 1 is 1.54 bits per heavy atom. The molecule has 2 rings (SSSR count). The number of carbonyl (C=O) groups is 1. The standard InChI is InChI=1S/C19H26N4O/c1-6-23-17-9-13(2)15(12-21-22-18(24)7-8-20)10-16(17)14(3)11-19(23,4)5/h9-10,12,14H,6-7,11H2,1-5H3,(H,22,24)/b21-12-/t14-/m1/s1. The smallest absolute Gasteiger partial charge is 0.254 e. The zero-order valence-electron chi connectivity index (χ0n) is 15.2. The Kier molecular flexibility index (Phi) is 5.28. The van der Waals surface area contributed by atoms with Gasteiger partial charge in [-0.15, -0.1) is 0 Å². The van der Waals surface area contributed by atoms with Crippen LogP contribution in [-0.4, -0.2) is 24.2 Å². The molecular formula is C19H26N4O. The number of anilines is 1. The maximum Gasteiger partial charge on any atom is 0.254 e. The molecule has 5 nitrogen and oxygen atoms in total. The Hall–Kier alpha value is -2.35. The van der Waals surface area contributed by atoms with Crippen LogP contribution >= 0.6 is 0 Å². The number of benzene rings is 1. The number of nitrogens with one attached hydrogen (secondary N) is 1. The molecule has 0 saturated carbocycles. The molecule has 128 valence electrons. The average molecular weight is 326 g/mol. The van der Waals surface area contributed by atoms with Crippen molar-refractivity contribution in [3.05, 3.63) is 28.8 Å². The number of rotatable bonds is 4. The van der Waals surface area contributed by atoms with Gasteiger partial charge in [0.15, 0.2) is 0 Å². The lowest BCUT2D eigenvalue weighted by molar-refractivity contribution is -0.120. The van der Waals surface area contributed by atoms with E-state index in [0.717, 1.165) is 24.1 Å². The quantitative estimate of drug-likeness (QED) is 0.680. The number of hydrogen-bond acceptors (Lipinski definition) is 4. The van der Waals surface area contributed by atoms with Gasteiger partial charge >= 0.3 is 0 Å². The van der Waals surface area contributed by atoms with Crippen LogP contribution in [0.1, 0.15) is 63.1 Å². The van der Waals surface area contributed by atoms with Crippen LogP contribution in [0.15, 0.2) is 17.2 Å². The second-order valence-corrected chi connectivity index (χ2v) is 7.06. The first kappa shape index (κ1) is 18.0. The van der Waals surface area contributed by atoms with Gasteiger partial charge in [-0.05, 0) is 68.9 Å². The van der Waals surface area contributed by atoms with E-state index in [1.807, 2.05) is 0 Å². The second kappa shape index (κ2) is 7.04. The number of nitrogens with zero attached hydrogens (tertiary/aromatic N) is 3. The van der Waals surface area contributed by atoms with Gasteiger partial charge in [-0.2, -0.15) is 10.4 Å². The third kappa shape index (κ3) is 3.59. The fourth-order valence-electron chi connectivity index (χ4n) is 3.67. The molecule has 1 aliphatic rings. The van der Waals surface area contributed by atoms with Crippen LogP contribution in [0.2, 0.25) is 0 Å². The third-order valence-corrected chi connectivity index (χ3v) is 4.72. The molecule has 1 heterocycles. The van der Waals surface area contributed by atoms with Crippen molar-refractivity contribution in [3.63, 3.8) is 0 Å². The van der Waals surface area contributed by atoms with Gasteiger partial charge in [-0.1, -0.05) is 6.92 Å². The molecule has 0 fully saturated rings. The number of carbonyl (C=O) groups excluding carboxylic acids is 1. The molecule has 5 heteroatoms. The summed E-state index contributed by atoms with van der Waals surface area (Å²) in [5.74, 6) is 0.0790. The summed E-state index contributed by atoms with van der Waals surface area (Å²) in [5, 5.41) is 12.5. The van der Waals surface area contributed by atoms with Crippen molar-refractivity contribution >= 4 is 17.8 Å². The molecule has 1 aliphatic heterocycles. The average Bonchev–Trinajstić information content (AvgIpc) is 2.48. The Balaban J connectivity index is 2.33. The molecule has 0 bridgehead atoms. The van der Waals surface area contributed by atoms with Gasteiger partial charge in [-0.25, -0.2) is 5.43 Å². The predicted octanol–water partition coefficient (Wildman–Crippen LogP) is 3.47. The lowest BCUT2D eigenvalue weighted by Gasteiger charge is -2.47. The van der Waals surface area contributed by atoms with E-state index < -0.39 is 5.91 Å². The van der Waals surface area contributed by atoms with Gasteiger partial charge in [0, 0.05) is 17.8 Å². The molecule has 0 saturated heterocycles. The predicted molar refractivity (Wildman–Crippen MR) is 97.3 cm³/mol. The first-order valence-electron chi connectivity index (χ1n) is 8.41. The van der Waals surface area contributed by atoms with Crippen LogP contribution in [0.5, 0.6) is 0 Å². The normalized spacial score (nSPS) is 19.0. The summed E-state index contributed by atoms with van der Waals surface area (Å²) >= 11 is 0. The number of nitriles is 1. The number of aryl methyl sites for hydroxylation is 1. The summed E-state index contributed by atoms with van der Waals surface area (Å²) in [4.78, 5) is 13.8. The van der Waals surface area contributed by atoms with E-state index in [9.17, 15) is 4.79 Å². The van der Waals surface area contributed by atoms with Crippen molar-refractivity contribution in [3.8, 4) is 6.07 Å². The van der Waals surface area contributed by atoms with Crippen molar-refractivity contribution < 1.29 is 4.79 Å². The monoisotopic (exact) mass is 326 g/mol. The van der Waals surface area contributed by atoms with E-state index in [1.54, 1.807) is 12.3 Å². The summed E-state index contributed by atoms with van der Waals surface area (Å²) < 4.78 is 0. The van der Waals surface area contributed by atoms with Crippen molar-refractivity contribution in [1.82, 2.24) is 5.43 Å². The molecule has 1 aromatic rings. The zero-order valence-corrected chi connectivity index (χ0v) is 15.2. The highest BCUT2D eigenvalue weighted by Crippen LogP contribution is 2.43. The van der Waals surface area contributed by atoms with Crippen molar-refractivity contribution in [2.75, 3.05) is 11.4 Å². The second-order valence-electron chi connectivity index (χ2n) is 7.06. The van der Waals surface area contributed by atoms with Gasteiger partial charge in [-0.3, -0.25) is 4.79 Å². The summed E-state index contributed by atoms with van der Waals surface area (Å²) in [6.07, 6.45) is 2.58. The zero-order chi connectivity index (χ0) is 17.9. The van der Waals surface area contributed by atoms with E-state index in [1.165, 1.54) is 11.3 Å². The van der Waals surface area contributed by atoms with Crippen molar-refractivity contribution in [2.45, 2.75) is 58.9 Å². The molecule has 0 radical (unpaired) electrons. The van der Waals surface area contributed by atoms with E-state index >= 15 is 0 Å². The molecule has 0 aromatic heterocycles. The molecule has 1 atom stereocenters. The minimum atomic E-state index is -0.392. The molecule has 1 aromatic carbocycles. The largest absolute Gasteiger partial charge is 0.366 e. The van der Waals surface area contributed by atoms with Crippen molar-refractivity contribution in [2.24, 2.45) is 5.10 Å². The van der Waals surface area contributed by atoms with E-state index in [0.29, 0.717) is 5.92 Å². The molecule has 0 spiro atoms. The first-order chi connectivity index (χ1) is 11.3. The van der Waals surface area contributed by atoms with Crippen LogP contribution in [0, 0.1) is 18.3 Å². The highest BCUT2D eigenvalue weighted by molar-refractivity contribution is 5.86. The number of fused-ring (bicyclic) bond motifs is 1. The van der Waals surface area contributed by atoms with Crippen LogP contribution in [0.4, 0.5) is 5.69 Å². The molecule has 1 N–H and O–H groups in total. The SMILES string of the molecule is CCN1c2cc(C)c(/C=N\NC(=O)CC#N)cc2[C@H](C)CC1(C)C. The van der Waals surface area contributed by atoms with E-state index in [4.69, 9.17) is 5.26 Å². The third-order valence-electron chi connectivity index (χ3n) is 4.72. The fourth-order valence-corrected chi connectivity index (χ4v) is 3.67. The Labute approximate surface area is 144 Å². The number of hydrazone groups is 1. The maximum absolute atomic E-state index is 11.3. The highest BCUT2D eigenvalue weighted by atomic mass is 16.2. The minimum Gasteiger partial charge on any atom is -0.366 e. The Bertz CT molecular complexity index is 700. The van der Waals surface area contributed by atoms with Crippen LogP contribution in [-0.2, 0) is 4.79 Å². The van der Waals surface area contributed by atoms with E-state index in [2.05, 4.69) is 62.2 Å². The Morgan fingerprint density at radius 3 is 2.88 bits per heavy atom. The molecule has 0 unspecified atom stereocenters. The van der Waals surface area contributed by atoms with Crippen LogP contribution in [0.3, 0.4) is 0 Å². The summed E-state index contributed by atoms with van der Waals surface area (Å²) in [6, 6.07) is 6.19. The minimum absolute atomic E-state index is 0.147. The maximum atomic E-state index is 11.3. The summed E-state index contributed by atoms with van der Waals surface area (Å²) in [7, 11) is 0. The molecule has 0 aliphatic carbocycles. The summed E-state index contributed by atoms with van der Waals surface area (Å²) in [6.45, 7) is 12.1. The number of amides is 1. The Morgan fingerprint density at radius 2 is 2.25 bits per heavy atom. The molecular weight excluding hydrogens is 300 g/mol. The number of hydrogen-bond donors (Lipinski definition) is 1. The van der Waals surface area contributed by atoms with Gasteiger partial charge in [0.1, 0.15) is 6.42 Å². The molecule has 24 heavy (non-hydrogen) atoms. The van der Waals surface area contributed by atoms with Crippen molar-refractivity contribution in [1.29, 1.82) is 5.26 Å².